The predicted molar refractivity (Wildman–Crippen MR) is 104 cm³/mol. The number of aromatic nitrogens is 2. The molecule has 2 N–H and O–H groups in total. The SMILES string of the molecule is Fc1cc(NC2(c3ccccc3F)CC2)c(Cl)cc1SNc1ccncn1. The van der Waals surface area contributed by atoms with E-state index in [1.807, 2.05) is 0 Å². The Bertz CT molecular complexity index is 967. The van der Waals surface area contributed by atoms with E-state index in [4.69, 9.17) is 11.6 Å². The summed E-state index contributed by atoms with van der Waals surface area (Å²) in [6.07, 6.45) is 4.51. The van der Waals surface area contributed by atoms with Crippen molar-refractivity contribution in [1.82, 2.24) is 9.97 Å². The highest BCUT2D eigenvalue weighted by molar-refractivity contribution is 8.00. The van der Waals surface area contributed by atoms with Gasteiger partial charge in [0, 0.05) is 11.8 Å². The zero-order chi connectivity index (χ0) is 18.9. The van der Waals surface area contributed by atoms with Gasteiger partial charge in [-0.25, -0.2) is 18.7 Å². The van der Waals surface area contributed by atoms with Gasteiger partial charge in [-0.15, -0.1) is 0 Å². The molecule has 0 bridgehead atoms. The molecule has 1 saturated carbocycles. The third-order valence-corrected chi connectivity index (χ3v) is 5.54. The summed E-state index contributed by atoms with van der Waals surface area (Å²) in [7, 11) is 0. The lowest BCUT2D eigenvalue weighted by molar-refractivity contribution is 0.588. The quantitative estimate of drug-likeness (QED) is 0.521. The van der Waals surface area contributed by atoms with Gasteiger partial charge in [0.2, 0.25) is 0 Å². The summed E-state index contributed by atoms with van der Waals surface area (Å²) in [5.74, 6) is -0.151. The molecule has 1 aliphatic carbocycles. The lowest BCUT2D eigenvalue weighted by Crippen LogP contribution is -2.20. The maximum absolute atomic E-state index is 14.5. The van der Waals surface area contributed by atoms with Gasteiger partial charge in [-0.2, -0.15) is 0 Å². The minimum Gasteiger partial charge on any atom is -0.374 e. The van der Waals surface area contributed by atoms with E-state index >= 15 is 0 Å². The van der Waals surface area contributed by atoms with Gasteiger partial charge in [-0.05, 0) is 49.1 Å². The summed E-state index contributed by atoms with van der Waals surface area (Å²) in [6.45, 7) is 0. The Kier molecular flexibility index (Phi) is 4.88. The van der Waals surface area contributed by atoms with Gasteiger partial charge < -0.3 is 10.0 Å². The largest absolute Gasteiger partial charge is 0.374 e. The number of rotatable bonds is 6. The Morgan fingerprint density at radius 1 is 1.07 bits per heavy atom. The van der Waals surface area contributed by atoms with Crippen molar-refractivity contribution in [2.75, 3.05) is 10.0 Å². The topological polar surface area (TPSA) is 49.8 Å². The highest BCUT2D eigenvalue weighted by Gasteiger charge is 2.46. The van der Waals surface area contributed by atoms with Crippen LogP contribution in [0, 0.1) is 11.6 Å². The Hall–Kier alpha value is -2.38. The van der Waals surface area contributed by atoms with E-state index in [1.54, 1.807) is 30.5 Å². The lowest BCUT2D eigenvalue weighted by Gasteiger charge is -2.21. The molecular formula is C19H15ClF2N4S. The van der Waals surface area contributed by atoms with Crippen molar-refractivity contribution in [3.05, 3.63) is 77.2 Å². The average molecular weight is 405 g/mol. The first kappa shape index (κ1) is 18.0. The molecule has 8 heteroatoms. The monoisotopic (exact) mass is 404 g/mol. The van der Waals surface area contributed by atoms with Crippen molar-refractivity contribution in [3.8, 4) is 0 Å². The van der Waals surface area contributed by atoms with Crippen LogP contribution in [0.5, 0.6) is 0 Å². The molecule has 1 heterocycles. The highest BCUT2D eigenvalue weighted by atomic mass is 35.5. The van der Waals surface area contributed by atoms with Crippen LogP contribution in [-0.4, -0.2) is 9.97 Å². The first-order valence-electron chi connectivity index (χ1n) is 8.28. The van der Waals surface area contributed by atoms with Crippen molar-refractivity contribution in [2.24, 2.45) is 0 Å². The van der Waals surface area contributed by atoms with Gasteiger partial charge in [0.15, 0.2) is 0 Å². The molecule has 0 unspecified atom stereocenters. The molecule has 138 valence electrons. The first-order valence-corrected chi connectivity index (χ1v) is 9.48. The predicted octanol–water partition coefficient (Wildman–Crippen LogP) is 5.63. The van der Waals surface area contributed by atoms with Crippen molar-refractivity contribution >= 4 is 35.1 Å². The van der Waals surface area contributed by atoms with E-state index < -0.39 is 11.4 Å². The maximum atomic E-state index is 14.5. The molecule has 4 nitrogen and oxygen atoms in total. The lowest BCUT2D eigenvalue weighted by atomic mass is 10.0. The van der Waals surface area contributed by atoms with Crippen molar-refractivity contribution in [1.29, 1.82) is 0 Å². The number of benzene rings is 2. The van der Waals surface area contributed by atoms with Gasteiger partial charge in [0.05, 0.1) is 21.1 Å². The molecule has 1 fully saturated rings. The molecule has 1 aliphatic rings. The van der Waals surface area contributed by atoms with Crippen LogP contribution in [0.2, 0.25) is 5.02 Å². The summed E-state index contributed by atoms with van der Waals surface area (Å²) in [4.78, 5) is 8.17. The fraction of sp³-hybridized carbons (Fsp3) is 0.158. The number of hydrogen-bond acceptors (Lipinski definition) is 5. The maximum Gasteiger partial charge on any atom is 0.140 e. The third kappa shape index (κ3) is 3.84. The van der Waals surface area contributed by atoms with E-state index in [0.29, 0.717) is 27.0 Å². The van der Waals surface area contributed by atoms with Gasteiger partial charge in [-0.1, -0.05) is 29.8 Å². The van der Waals surface area contributed by atoms with E-state index in [9.17, 15) is 8.78 Å². The Morgan fingerprint density at radius 3 is 2.59 bits per heavy atom. The first-order chi connectivity index (χ1) is 13.1. The molecule has 27 heavy (non-hydrogen) atoms. The van der Waals surface area contributed by atoms with Gasteiger partial charge in [0.25, 0.3) is 0 Å². The normalized spacial score (nSPS) is 14.6. The summed E-state index contributed by atoms with van der Waals surface area (Å²) in [5, 5.41) is 3.60. The van der Waals surface area contributed by atoms with Gasteiger partial charge >= 0.3 is 0 Å². The minimum absolute atomic E-state index is 0.277. The number of hydrogen-bond donors (Lipinski definition) is 2. The Balaban J connectivity index is 1.53. The van der Waals surface area contributed by atoms with Crippen LogP contribution in [0.25, 0.3) is 0 Å². The van der Waals surface area contributed by atoms with E-state index in [-0.39, 0.29) is 5.82 Å². The average Bonchev–Trinajstić information content (AvgIpc) is 3.45. The second-order valence-corrected chi connectivity index (χ2v) is 7.50. The zero-order valence-corrected chi connectivity index (χ0v) is 15.6. The fourth-order valence-electron chi connectivity index (χ4n) is 2.85. The zero-order valence-electron chi connectivity index (χ0n) is 14.0. The van der Waals surface area contributed by atoms with E-state index in [1.165, 1.54) is 24.5 Å². The van der Waals surface area contributed by atoms with Crippen LogP contribution in [0.4, 0.5) is 20.3 Å². The standard InChI is InChI=1S/C19H15ClF2N4S/c20-13-9-17(27-26-18-5-8-23-11-24-18)15(22)10-16(13)25-19(6-7-19)12-3-1-2-4-14(12)21/h1-5,8-11,25H,6-7H2,(H,23,24,26). The van der Waals surface area contributed by atoms with Gasteiger partial charge in [0.1, 0.15) is 23.8 Å². The number of nitrogens with zero attached hydrogens (tertiary/aromatic N) is 2. The highest BCUT2D eigenvalue weighted by Crippen LogP contribution is 2.50. The molecule has 3 aromatic rings. The smallest absolute Gasteiger partial charge is 0.140 e. The fourth-order valence-corrected chi connectivity index (χ4v) is 3.80. The van der Waals surface area contributed by atoms with E-state index in [2.05, 4.69) is 20.0 Å². The summed E-state index contributed by atoms with van der Waals surface area (Å²) < 4.78 is 31.6. The van der Waals surface area contributed by atoms with Crippen LogP contribution in [0.3, 0.4) is 0 Å². The van der Waals surface area contributed by atoms with Crippen molar-refractivity contribution < 1.29 is 8.78 Å². The molecule has 0 spiro atoms. The van der Waals surface area contributed by atoms with Crippen LogP contribution in [0.15, 0.2) is 59.9 Å². The number of anilines is 2. The summed E-state index contributed by atoms with van der Waals surface area (Å²) in [5.41, 5.74) is 0.488. The summed E-state index contributed by atoms with van der Waals surface area (Å²) >= 11 is 7.42. The second-order valence-electron chi connectivity index (χ2n) is 6.25. The van der Waals surface area contributed by atoms with Crippen molar-refractivity contribution in [2.45, 2.75) is 23.3 Å². The molecule has 0 atom stereocenters. The minimum atomic E-state index is -0.532. The number of nitrogens with one attached hydrogen (secondary N) is 2. The molecule has 0 radical (unpaired) electrons. The Labute approximate surface area is 164 Å². The molecule has 4 rings (SSSR count). The van der Waals surface area contributed by atoms with Crippen LogP contribution in [0.1, 0.15) is 18.4 Å². The molecule has 0 saturated heterocycles. The number of halogens is 3. The summed E-state index contributed by atoms with van der Waals surface area (Å²) in [6, 6.07) is 11.2. The molecular weight excluding hydrogens is 390 g/mol. The third-order valence-electron chi connectivity index (χ3n) is 4.38. The van der Waals surface area contributed by atoms with E-state index in [0.717, 1.165) is 24.8 Å². The second kappa shape index (κ2) is 7.32. The molecule has 2 aromatic carbocycles. The van der Waals surface area contributed by atoms with Gasteiger partial charge in [-0.3, -0.25) is 0 Å². The Morgan fingerprint density at radius 2 is 1.89 bits per heavy atom. The molecule has 1 aromatic heterocycles. The van der Waals surface area contributed by atoms with Crippen LogP contribution < -0.4 is 10.0 Å². The van der Waals surface area contributed by atoms with Crippen LogP contribution in [-0.2, 0) is 5.54 Å². The molecule has 0 aliphatic heterocycles. The van der Waals surface area contributed by atoms with Crippen LogP contribution >= 0.6 is 23.5 Å². The van der Waals surface area contributed by atoms with Crippen molar-refractivity contribution in [3.63, 3.8) is 0 Å². The molecule has 0 amide bonds.